The number of alkyl halides is 6. The van der Waals surface area contributed by atoms with Gasteiger partial charge in [-0.1, -0.05) is 0 Å². The molecule has 0 bridgehead atoms. The van der Waals surface area contributed by atoms with E-state index in [1.165, 1.54) is 5.56 Å². The molecule has 2 aliphatic rings. The number of aliphatic carboxylic acids is 2. The summed E-state index contributed by atoms with van der Waals surface area (Å²) in [5, 5.41) is 18.5. The number of aryl methyl sites for hydroxylation is 1. The van der Waals surface area contributed by atoms with Crippen molar-refractivity contribution in [2.75, 3.05) is 26.2 Å². The topological polar surface area (TPSA) is 108 Å². The first kappa shape index (κ1) is 28.6. The van der Waals surface area contributed by atoms with Crippen molar-refractivity contribution >= 4 is 11.9 Å². The normalized spacial score (nSPS) is 21.5. The van der Waals surface area contributed by atoms with Crippen LogP contribution in [0.2, 0.25) is 0 Å². The van der Waals surface area contributed by atoms with E-state index in [4.69, 9.17) is 24.5 Å². The summed E-state index contributed by atoms with van der Waals surface area (Å²) in [5.41, 5.74) is 1.29. The highest BCUT2D eigenvalue weighted by atomic mass is 19.4. The van der Waals surface area contributed by atoms with Crippen molar-refractivity contribution in [3.05, 3.63) is 18.0 Å². The fourth-order valence-electron chi connectivity index (χ4n) is 3.37. The highest BCUT2D eigenvalue weighted by Crippen LogP contribution is 2.25. The van der Waals surface area contributed by atoms with Crippen molar-refractivity contribution in [2.24, 2.45) is 7.05 Å². The minimum atomic E-state index is -5.08. The van der Waals surface area contributed by atoms with E-state index in [0.717, 1.165) is 32.8 Å². The molecule has 2 aliphatic heterocycles. The van der Waals surface area contributed by atoms with Gasteiger partial charge in [0.05, 0.1) is 24.9 Å². The number of aromatic nitrogens is 2. The molecule has 2 atom stereocenters. The molecule has 9 nitrogen and oxygen atoms in total. The number of halogens is 6. The number of likely N-dealkylation sites (tertiary alicyclic amines) is 1. The fourth-order valence-corrected chi connectivity index (χ4v) is 3.37. The van der Waals surface area contributed by atoms with Crippen molar-refractivity contribution in [1.29, 1.82) is 0 Å². The van der Waals surface area contributed by atoms with Crippen molar-refractivity contribution in [3.63, 3.8) is 0 Å². The third kappa shape index (κ3) is 9.55. The summed E-state index contributed by atoms with van der Waals surface area (Å²) in [5.74, 6) is -5.51. The molecule has 0 aromatic carbocycles. The SMILES string of the molecule is CC(C)N1CCO[C@H]2CN(Cc3cnn(C)c3)C[C@H]21.O=C(O)C(F)(F)F.O=C(O)C(F)(F)F. The number of carbonyl (C=O) groups is 2. The van der Waals surface area contributed by atoms with Gasteiger partial charge in [0.1, 0.15) is 0 Å². The number of morpholine rings is 1. The molecule has 1 aromatic heterocycles. The van der Waals surface area contributed by atoms with Crippen LogP contribution in [0, 0.1) is 0 Å². The largest absolute Gasteiger partial charge is 0.490 e. The highest BCUT2D eigenvalue weighted by Gasteiger charge is 2.41. The van der Waals surface area contributed by atoms with Gasteiger partial charge in [-0.15, -0.1) is 0 Å². The van der Waals surface area contributed by atoms with Crippen LogP contribution in [0.15, 0.2) is 12.4 Å². The lowest BCUT2D eigenvalue weighted by Crippen LogP contribution is -2.53. The van der Waals surface area contributed by atoms with Crippen LogP contribution < -0.4 is 0 Å². The zero-order chi connectivity index (χ0) is 25.6. The molecule has 0 amide bonds. The molecule has 3 heterocycles. The van der Waals surface area contributed by atoms with Gasteiger partial charge in [0.25, 0.3) is 0 Å². The van der Waals surface area contributed by atoms with Crippen LogP contribution in [0.3, 0.4) is 0 Å². The van der Waals surface area contributed by atoms with Gasteiger partial charge in [-0.05, 0) is 13.8 Å². The average molecular weight is 492 g/mol. The second-order valence-corrected chi connectivity index (χ2v) is 7.63. The Bertz CT molecular complexity index is 759. The summed E-state index contributed by atoms with van der Waals surface area (Å²) in [6, 6.07) is 1.17. The lowest BCUT2D eigenvalue weighted by atomic mass is 10.1. The van der Waals surface area contributed by atoms with Crippen LogP contribution in [0.25, 0.3) is 0 Å². The predicted molar refractivity (Wildman–Crippen MR) is 101 cm³/mol. The van der Waals surface area contributed by atoms with Gasteiger partial charge in [-0.3, -0.25) is 14.5 Å². The van der Waals surface area contributed by atoms with E-state index < -0.39 is 24.3 Å². The van der Waals surface area contributed by atoms with Crippen LogP contribution in [0.4, 0.5) is 26.3 Å². The fraction of sp³-hybridized carbons (Fsp3) is 0.722. The molecule has 0 aliphatic carbocycles. The molecule has 15 heteroatoms. The Kier molecular flexibility index (Phi) is 10.1. The lowest BCUT2D eigenvalue weighted by molar-refractivity contribution is -0.193. The number of carboxylic acid groups (broad SMARTS) is 2. The van der Waals surface area contributed by atoms with E-state index in [-0.39, 0.29) is 0 Å². The number of rotatable bonds is 3. The van der Waals surface area contributed by atoms with Crippen LogP contribution in [0.1, 0.15) is 19.4 Å². The average Bonchev–Trinajstić information content (AvgIpc) is 3.26. The van der Waals surface area contributed by atoms with Gasteiger partial charge in [0, 0.05) is 51.0 Å². The molecule has 33 heavy (non-hydrogen) atoms. The Morgan fingerprint density at radius 2 is 1.64 bits per heavy atom. The summed E-state index contributed by atoms with van der Waals surface area (Å²) < 4.78 is 71.3. The van der Waals surface area contributed by atoms with E-state index in [2.05, 4.69) is 34.9 Å². The second kappa shape index (κ2) is 11.7. The smallest absolute Gasteiger partial charge is 0.475 e. The summed E-state index contributed by atoms with van der Waals surface area (Å²) in [6.45, 7) is 9.65. The quantitative estimate of drug-likeness (QED) is 0.617. The maximum atomic E-state index is 10.6. The Labute approximate surface area is 185 Å². The summed E-state index contributed by atoms with van der Waals surface area (Å²) >= 11 is 0. The first-order valence-corrected chi connectivity index (χ1v) is 9.69. The number of nitrogens with zero attached hydrogens (tertiary/aromatic N) is 4. The predicted octanol–water partition coefficient (Wildman–Crippen LogP) is 1.98. The van der Waals surface area contributed by atoms with E-state index >= 15 is 0 Å². The molecule has 2 fully saturated rings. The third-order valence-corrected chi connectivity index (χ3v) is 4.73. The zero-order valence-corrected chi connectivity index (χ0v) is 18.1. The number of ether oxygens (including phenoxy) is 1. The van der Waals surface area contributed by atoms with Crippen LogP contribution >= 0.6 is 0 Å². The zero-order valence-electron chi connectivity index (χ0n) is 18.1. The maximum Gasteiger partial charge on any atom is 0.490 e. The van der Waals surface area contributed by atoms with E-state index in [9.17, 15) is 26.3 Å². The number of fused-ring (bicyclic) bond motifs is 1. The van der Waals surface area contributed by atoms with Crippen molar-refractivity contribution < 1.29 is 50.9 Å². The number of carboxylic acids is 2. The maximum absolute atomic E-state index is 10.6. The summed E-state index contributed by atoms with van der Waals surface area (Å²) in [7, 11) is 1.97. The van der Waals surface area contributed by atoms with E-state index in [1.807, 2.05) is 17.9 Å². The first-order valence-electron chi connectivity index (χ1n) is 9.69. The molecule has 190 valence electrons. The summed E-state index contributed by atoms with van der Waals surface area (Å²) in [6.07, 6.45) is -5.72. The van der Waals surface area contributed by atoms with E-state index in [0.29, 0.717) is 18.2 Å². The van der Waals surface area contributed by atoms with Crippen molar-refractivity contribution in [3.8, 4) is 0 Å². The Morgan fingerprint density at radius 1 is 1.12 bits per heavy atom. The molecular weight excluding hydrogens is 466 g/mol. The first-order chi connectivity index (χ1) is 15.0. The van der Waals surface area contributed by atoms with Crippen LogP contribution in [0.5, 0.6) is 0 Å². The molecule has 2 saturated heterocycles. The Morgan fingerprint density at radius 3 is 2.03 bits per heavy atom. The Hall–Kier alpha value is -2.39. The van der Waals surface area contributed by atoms with Crippen LogP contribution in [-0.4, -0.2) is 98.5 Å². The van der Waals surface area contributed by atoms with Gasteiger partial charge in [0.2, 0.25) is 0 Å². The molecule has 0 unspecified atom stereocenters. The highest BCUT2D eigenvalue weighted by molar-refractivity contribution is 5.73. The molecule has 0 saturated carbocycles. The third-order valence-electron chi connectivity index (χ3n) is 4.73. The van der Waals surface area contributed by atoms with Crippen LogP contribution in [-0.2, 0) is 27.9 Å². The van der Waals surface area contributed by atoms with Gasteiger partial charge < -0.3 is 14.9 Å². The minimum absolute atomic E-state index is 0.382. The molecule has 3 rings (SSSR count). The molecule has 1 aromatic rings. The van der Waals surface area contributed by atoms with E-state index in [1.54, 1.807) is 0 Å². The van der Waals surface area contributed by atoms with Crippen molar-refractivity contribution in [2.45, 2.75) is 50.9 Å². The standard InChI is InChI=1S/C14H24N4O.2C2HF3O2/c1-11(2)18-4-5-19-14-10-17(9-13(14)18)8-12-6-15-16(3)7-12;2*3-2(4,5)1(6)7/h6-7,11,13-14H,4-5,8-10H2,1-3H3;2*(H,6,7)/t13-,14+;;/m1../s1. The van der Waals surface area contributed by atoms with Gasteiger partial charge in [-0.25, -0.2) is 9.59 Å². The van der Waals surface area contributed by atoms with Gasteiger partial charge >= 0.3 is 24.3 Å². The molecular formula is C18H26F6N4O5. The molecule has 0 radical (unpaired) electrons. The summed E-state index contributed by atoms with van der Waals surface area (Å²) in [4.78, 5) is 22.9. The van der Waals surface area contributed by atoms with Gasteiger partial charge in [-0.2, -0.15) is 31.4 Å². The van der Waals surface area contributed by atoms with Gasteiger partial charge in [0.15, 0.2) is 0 Å². The lowest BCUT2D eigenvalue weighted by Gasteiger charge is -2.39. The molecule has 2 N–H and O–H groups in total. The monoisotopic (exact) mass is 492 g/mol. The Balaban J connectivity index is 0.000000324. The second-order valence-electron chi connectivity index (χ2n) is 7.63. The molecule has 0 spiro atoms. The number of hydrogen-bond acceptors (Lipinski definition) is 6. The minimum Gasteiger partial charge on any atom is -0.475 e. The number of hydrogen-bond donors (Lipinski definition) is 2. The van der Waals surface area contributed by atoms with Crippen molar-refractivity contribution in [1.82, 2.24) is 19.6 Å².